The van der Waals surface area contributed by atoms with Gasteiger partial charge in [0.05, 0.1) is 5.69 Å². The second-order valence-corrected chi connectivity index (χ2v) is 20.5. The maximum Gasteiger partial charge on any atom is 0.135 e. The summed E-state index contributed by atoms with van der Waals surface area (Å²) in [4.78, 5) is 2.44. The first-order valence-electron chi connectivity index (χ1n) is 25.9. The topological polar surface area (TPSA) is 29.5 Å². The molecule has 18 aromatic rings. The number of nitrogens with zero attached hydrogens (tertiary/aromatic N) is 1. The first-order chi connectivity index (χ1) is 37.2. The molecule has 0 saturated carbocycles. The van der Waals surface area contributed by atoms with Crippen molar-refractivity contribution >= 4 is 158 Å². The Morgan fingerprint density at radius 1 is 0.227 bits per heavy atom. The SMILES string of the molecule is c1ccc(-c2c3c4cccc5c(N(c6ccc7oc8ccccc8c7c6)c6ccc7oc8ccccc8c7c6)ccc(c3c(-c3ccccc3)c3c6ccc7c8cccc9cccc(c%10ccc(c23)c6c%107)c98)c54)cc1. The predicted octanol–water partition coefficient (Wildman–Crippen LogP) is 21.0. The highest BCUT2D eigenvalue weighted by atomic mass is 16.3. The Kier molecular flexibility index (Phi) is 7.60. The van der Waals surface area contributed by atoms with Crippen molar-refractivity contribution in [2.45, 2.75) is 0 Å². The summed E-state index contributed by atoms with van der Waals surface area (Å²) in [7, 11) is 0. The molecule has 0 radical (unpaired) electrons. The highest BCUT2D eigenvalue weighted by Gasteiger charge is 2.30. The fourth-order valence-electron chi connectivity index (χ4n) is 13.9. The summed E-state index contributed by atoms with van der Waals surface area (Å²) >= 11 is 0. The van der Waals surface area contributed by atoms with Crippen LogP contribution in [-0.4, -0.2) is 0 Å². The first kappa shape index (κ1) is 39.6. The lowest BCUT2D eigenvalue weighted by atomic mass is 9.87. The maximum atomic E-state index is 6.42. The minimum absolute atomic E-state index is 0.867. The van der Waals surface area contributed by atoms with Gasteiger partial charge < -0.3 is 13.7 Å². The van der Waals surface area contributed by atoms with Crippen LogP contribution >= 0.6 is 0 Å². The molecule has 2 aromatic heterocycles. The maximum absolute atomic E-state index is 6.42. The second-order valence-electron chi connectivity index (χ2n) is 20.5. The van der Waals surface area contributed by atoms with Crippen molar-refractivity contribution in [2.75, 3.05) is 4.90 Å². The number of anilines is 3. The third kappa shape index (κ3) is 5.14. The van der Waals surface area contributed by atoms with Crippen LogP contribution in [0.1, 0.15) is 0 Å². The van der Waals surface area contributed by atoms with Crippen LogP contribution in [0.25, 0.3) is 163 Å². The summed E-state index contributed by atoms with van der Waals surface area (Å²) in [6.07, 6.45) is 0. The van der Waals surface area contributed by atoms with Gasteiger partial charge in [-0.2, -0.15) is 0 Å². The number of fused-ring (bicyclic) bond motifs is 14. The number of para-hydroxylation sites is 2. The number of furan rings is 2. The minimum Gasteiger partial charge on any atom is -0.456 e. The molecule has 0 aliphatic heterocycles. The molecule has 3 nitrogen and oxygen atoms in total. The average molecular weight is 950 g/mol. The van der Waals surface area contributed by atoms with E-state index in [0.717, 1.165) is 60.9 Å². The zero-order chi connectivity index (χ0) is 48.6. The lowest BCUT2D eigenvalue weighted by molar-refractivity contribution is 0.668. The molecule has 0 spiro atoms. The van der Waals surface area contributed by atoms with Crippen LogP contribution in [0.5, 0.6) is 0 Å². The lowest BCUT2D eigenvalue weighted by Crippen LogP contribution is -2.10. The van der Waals surface area contributed by atoms with Gasteiger partial charge in [0.2, 0.25) is 0 Å². The molecular formula is C72H39NO2. The second kappa shape index (κ2) is 14.4. The Labute approximate surface area is 428 Å². The number of hydrogen-bond acceptors (Lipinski definition) is 3. The Morgan fingerprint density at radius 2 is 0.613 bits per heavy atom. The van der Waals surface area contributed by atoms with E-state index in [4.69, 9.17) is 8.83 Å². The molecule has 2 heterocycles. The molecule has 344 valence electrons. The smallest absolute Gasteiger partial charge is 0.135 e. The minimum atomic E-state index is 0.867. The molecule has 0 N–H and O–H groups in total. The van der Waals surface area contributed by atoms with E-state index in [1.807, 2.05) is 12.1 Å². The van der Waals surface area contributed by atoms with Crippen LogP contribution in [0, 0.1) is 0 Å². The first-order valence-corrected chi connectivity index (χ1v) is 25.9. The Balaban J connectivity index is 1.00. The van der Waals surface area contributed by atoms with Crippen molar-refractivity contribution in [3.8, 4) is 22.3 Å². The zero-order valence-electron chi connectivity index (χ0n) is 40.3. The molecule has 0 fully saturated rings. The molecule has 0 amide bonds. The number of benzene rings is 14. The van der Waals surface area contributed by atoms with Gasteiger partial charge in [0.1, 0.15) is 22.3 Å². The van der Waals surface area contributed by atoms with Crippen molar-refractivity contribution in [1.82, 2.24) is 0 Å². The van der Waals surface area contributed by atoms with Crippen LogP contribution in [0.3, 0.4) is 0 Å². The van der Waals surface area contributed by atoms with Gasteiger partial charge in [-0.05, 0) is 168 Å². The number of rotatable bonds is 5. The fraction of sp³-hybridized carbons (Fsp3) is 0. The summed E-state index contributed by atoms with van der Waals surface area (Å²) in [6.45, 7) is 0. The van der Waals surface area contributed by atoms with Crippen LogP contribution in [0.2, 0.25) is 0 Å². The molecule has 3 heteroatoms. The molecule has 0 bridgehead atoms. The number of hydrogen-bond donors (Lipinski definition) is 0. The van der Waals surface area contributed by atoms with E-state index in [1.54, 1.807) is 0 Å². The summed E-state index contributed by atoms with van der Waals surface area (Å²) in [6, 6.07) is 87.4. The van der Waals surface area contributed by atoms with E-state index in [9.17, 15) is 0 Å². The van der Waals surface area contributed by atoms with Gasteiger partial charge in [-0.25, -0.2) is 0 Å². The molecule has 0 aliphatic carbocycles. The van der Waals surface area contributed by atoms with E-state index in [0.29, 0.717) is 0 Å². The molecule has 0 aliphatic rings. The third-order valence-corrected chi connectivity index (χ3v) is 16.8. The molecular weight excluding hydrogens is 911 g/mol. The molecule has 16 aromatic carbocycles. The normalized spacial score (nSPS) is 12.5. The molecule has 0 saturated heterocycles. The monoisotopic (exact) mass is 949 g/mol. The summed E-state index contributed by atoms with van der Waals surface area (Å²) < 4.78 is 12.8. The van der Waals surface area contributed by atoms with Crippen LogP contribution in [-0.2, 0) is 0 Å². The van der Waals surface area contributed by atoms with E-state index >= 15 is 0 Å². The average Bonchev–Trinajstić information content (AvgIpc) is 4.36. The Bertz CT molecular complexity index is 5120. The van der Waals surface area contributed by atoms with Crippen molar-refractivity contribution < 1.29 is 8.83 Å². The van der Waals surface area contributed by atoms with Crippen molar-refractivity contribution in [1.29, 1.82) is 0 Å². The van der Waals surface area contributed by atoms with E-state index < -0.39 is 0 Å². The van der Waals surface area contributed by atoms with E-state index in [1.165, 1.54) is 119 Å². The van der Waals surface area contributed by atoms with Gasteiger partial charge in [0.25, 0.3) is 0 Å². The molecule has 0 atom stereocenters. The highest BCUT2D eigenvalue weighted by Crippen LogP contribution is 2.58. The van der Waals surface area contributed by atoms with Gasteiger partial charge >= 0.3 is 0 Å². The van der Waals surface area contributed by atoms with Crippen LogP contribution in [0.15, 0.2) is 245 Å². The van der Waals surface area contributed by atoms with Crippen LogP contribution < -0.4 is 4.90 Å². The lowest BCUT2D eigenvalue weighted by Gasteiger charge is -2.27. The summed E-state index contributed by atoms with van der Waals surface area (Å²) in [5, 5.41) is 27.6. The Morgan fingerprint density at radius 3 is 1.17 bits per heavy atom. The van der Waals surface area contributed by atoms with Crippen molar-refractivity contribution in [3.63, 3.8) is 0 Å². The molecule has 0 unspecified atom stereocenters. The highest BCUT2D eigenvalue weighted by molar-refractivity contribution is 6.49. The molecule has 75 heavy (non-hydrogen) atoms. The van der Waals surface area contributed by atoms with Gasteiger partial charge in [0, 0.05) is 38.3 Å². The van der Waals surface area contributed by atoms with Gasteiger partial charge in [0.15, 0.2) is 0 Å². The molecule has 18 rings (SSSR count). The van der Waals surface area contributed by atoms with Gasteiger partial charge in [-0.15, -0.1) is 0 Å². The van der Waals surface area contributed by atoms with Gasteiger partial charge in [-0.1, -0.05) is 182 Å². The fourth-order valence-corrected chi connectivity index (χ4v) is 13.9. The zero-order valence-corrected chi connectivity index (χ0v) is 40.3. The van der Waals surface area contributed by atoms with Crippen LogP contribution in [0.4, 0.5) is 17.1 Å². The standard InChI is InChI=1S/C72H39NO2/c1-3-14-41(15-4-1)64-69-52-25-13-24-51-58(73(43-28-36-61-56(38-43)45-20-7-9-26-59(45)74-61)44-29-37-62-57(39-44)46-21-8-10-27-60(46)75-62)35-34-53(66(51)52)70(69)65(42-16-5-2-6-17-42)72-55-33-31-50-48-23-12-19-40-18-11-22-47(63(40)48)49-30-32-54(71(64)72)68(55)67(49)50/h1-39H. The predicted molar refractivity (Wildman–Crippen MR) is 318 cm³/mol. The van der Waals surface area contributed by atoms with Gasteiger partial charge in [-0.3, -0.25) is 0 Å². The van der Waals surface area contributed by atoms with E-state index in [2.05, 4.69) is 229 Å². The third-order valence-electron chi connectivity index (χ3n) is 16.8. The quantitative estimate of drug-likeness (QED) is 0.127. The summed E-state index contributed by atoms with van der Waals surface area (Å²) in [5.41, 5.74) is 11.7. The summed E-state index contributed by atoms with van der Waals surface area (Å²) in [5.74, 6) is 0. The van der Waals surface area contributed by atoms with Crippen molar-refractivity contribution in [2.24, 2.45) is 0 Å². The van der Waals surface area contributed by atoms with E-state index in [-0.39, 0.29) is 0 Å². The van der Waals surface area contributed by atoms with Crippen molar-refractivity contribution in [3.05, 3.63) is 237 Å². The Hall–Kier alpha value is -9.96. The largest absolute Gasteiger partial charge is 0.456 e.